The first-order chi connectivity index (χ1) is 13.7. The zero-order valence-electron chi connectivity index (χ0n) is 14.7. The van der Waals surface area contributed by atoms with Crippen molar-refractivity contribution in [2.45, 2.75) is 13.0 Å². The molecule has 0 atom stereocenters. The van der Waals surface area contributed by atoms with Gasteiger partial charge in [0.2, 0.25) is 4.96 Å². The predicted molar refractivity (Wildman–Crippen MR) is 111 cm³/mol. The summed E-state index contributed by atoms with van der Waals surface area (Å²) < 4.78 is 7.73. The lowest BCUT2D eigenvalue weighted by molar-refractivity contribution is 0.304. The summed E-state index contributed by atoms with van der Waals surface area (Å²) in [5.41, 5.74) is 1.11. The van der Waals surface area contributed by atoms with Crippen molar-refractivity contribution in [3.8, 4) is 5.75 Å². The van der Waals surface area contributed by atoms with Crippen LogP contribution in [0, 0.1) is 0 Å². The molecule has 28 heavy (non-hydrogen) atoms. The van der Waals surface area contributed by atoms with Crippen LogP contribution in [0.25, 0.3) is 15.7 Å². The number of aromatic nitrogens is 4. The van der Waals surface area contributed by atoms with Gasteiger partial charge in [-0.3, -0.25) is 0 Å². The van der Waals surface area contributed by atoms with Crippen LogP contribution < -0.4 is 4.74 Å². The van der Waals surface area contributed by atoms with E-state index in [-0.39, 0.29) is 0 Å². The molecule has 0 N–H and O–H groups in total. The number of ether oxygens (including phenoxy) is 1. The summed E-state index contributed by atoms with van der Waals surface area (Å²) >= 11 is 7.44. The second-order valence-electron chi connectivity index (χ2n) is 6.41. The van der Waals surface area contributed by atoms with Gasteiger partial charge in [-0.25, -0.2) is 0 Å². The number of fused-ring (bicyclic) bond motifs is 2. The second kappa shape index (κ2) is 7.22. The van der Waals surface area contributed by atoms with Crippen LogP contribution in [0.3, 0.4) is 0 Å². The average molecular weight is 407 g/mol. The largest absolute Gasteiger partial charge is 0.486 e. The van der Waals surface area contributed by atoms with Crippen LogP contribution >= 0.6 is 22.9 Å². The highest BCUT2D eigenvalue weighted by Gasteiger charge is 2.13. The Hall–Kier alpha value is -2.96. The van der Waals surface area contributed by atoms with Gasteiger partial charge in [-0.15, -0.1) is 10.2 Å². The van der Waals surface area contributed by atoms with Crippen LogP contribution in [-0.2, 0) is 13.0 Å². The van der Waals surface area contributed by atoms with Crippen molar-refractivity contribution in [3.63, 3.8) is 0 Å². The number of hydrogen-bond acceptors (Lipinski definition) is 5. The highest BCUT2D eigenvalue weighted by Crippen LogP contribution is 2.23. The van der Waals surface area contributed by atoms with Gasteiger partial charge in [0.1, 0.15) is 12.4 Å². The van der Waals surface area contributed by atoms with Crippen molar-refractivity contribution >= 4 is 38.7 Å². The summed E-state index contributed by atoms with van der Waals surface area (Å²) in [5.74, 6) is 1.62. The molecule has 2 heterocycles. The number of halogens is 1. The van der Waals surface area contributed by atoms with Crippen LogP contribution in [0.2, 0.25) is 5.02 Å². The van der Waals surface area contributed by atoms with Crippen molar-refractivity contribution < 1.29 is 4.74 Å². The average Bonchev–Trinajstić information content (AvgIpc) is 3.29. The van der Waals surface area contributed by atoms with Crippen molar-refractivity contribution in [3.05, 3.63) is 88.1 Å². The topological polar surface area (TPSA) is 52.3 Å². The first-order valence-corrected chi connectivity index (χ1v) is 10.00. The first-order valence-electron chi connectivity index (χ1n) is 8.81. The van der Waals surface area contributed by atoms with E-state index in [1.165, 1.54) is 16.7 Å². The van der Waals surface area contributed by atoms with Gasteiger partial charge in [-0.05, 0) is 40.6 Å². The maximum atomic E-state index is 5.95. The van der Waals surface area contributed by atoms with Crippen molar-refractivity contribution in [2.24, 2.45) is 0 Å². The lowest BCUT2D eigenvalue weighted by Gasteiger charge is -2.05. The summed E-state index contributed by atoms with van der Waals surface area (Å²) in [5, 5.41) is 17.0. The second-order valence-corrected chi connectivity index (χ2v) is 7.88. The minimum absolute atomic E-state index is 0.396. The summed E-state index contributed by atoms with van der Waals surface area (Å²) in [6, 6.07) is 22.0. The molecule has 0 spiro atoms. The molecule has 5 aromatic rings. The van der Waals surface area contributed by atoms with E-state index in [0.29, 0.717) is 13.0 Å². The Labute approximate surface area is 170 Å². The molecule has 5 rings (SSSR count). The molecule has 0 aliphatic heterocycles. The van der Waals surface area contributed by atoms with Crippen molar-refractivity contribution in [2.75, 3.05) is 0 Å². The molecule has 0 unspecified atom stereocenters. The summed E-state index contributed by atoms with van der Waals surface area (Å²) in [6.07, 6.45) is 0.646. The fraction of sp³-hybridized carbons (Fsp3) is 0.0952. The Kier molecular flexibility index (Phi) is 4.43. The third-order valence-electron chi connectivity index (χ3n) is 4.46. The molecular weight excluding hydrogens is 392 g/mol. The monoisotopic (exact) mass is 406 g/mol. The Morgan fingerprint density at radius 2 is 1.75 bits per heavy atom. The van der Waals surface area contributed by atoms with E-state index in [4.69, 9.17) is 16.3 Å². The van der Waals surface area contributed by atoms with E-state index >= 15 is 0 Å². The van der Waals surface area contributed by atoms with Crippen LogP contribution in [0.4, 0.5) is 0 Å². The maximum absolute atomic E-state index is 5.95. The van der Waals surface area contributed by atoms with Crippen LogP contribution in [0.1, 0.15) is 16.4 Å². The lowest BCUT2D eigenvalue weighted by atomic mass is 10.1. The summed E-state index contributed by atoms with van der Waals surface area (Å²) in [4.78, 5) is 0.765. The Balaban J connectivity index is 1.33. The van der Waals surface area contributed by atoms with Gasteiger partial charge in [-0.2, -0.15) is 9.61 Å². The standard InChI is InChI=1S/C21H15ClN4OS/c22-17-8-5-14(6-9-17)11-19-23-24-21-26(19)25-20(28-21)13-27-18-10-7-15-3-1-2-4-16(15)12-18/h1-10,12H,11,13H2. The minimum atomic E-state index is 0.396. The molecule has 2 aromatic heterocycles. The molecule has 138 valence electrons. The van der Waals surface area contributed by atoms with E-state index in [1.807, 2.05) is 48.5 Å². The molecule has 0 bridgehead atoms. The maximum Gasteiger partial charge on any atom is 0.234 e. The zero-order chi connectivity index (χ0) is 18.9. The van der Waals surface area contributed by atoms with Gasteiger partial charge in [0.05, 0.1) is 0 Å². The van der Waals surface area contributed by atoms with Crippen molar-refractivity contribution in [1.29, 1.82) is 0 Å². The normalized spacial score (nSPS) is 11.3. The number of rotatable bonds is 5. The van der Waals surface area contributed by atoms with Gasteiger partial charge in [0, 0.05) is 11.4 Å². The van der Waals surface area contributed by atoms with E-state index in [2.05, 4.69) is 33.5 Å². The zero-order valence-corrected chi connectivity index (χ0v) is 16.3. The fourth-order valence-corrected chi connectivity index (χ4v) is 3.94. The van der Waals surface area contributed by atoms with E-state index in [0.717, 1.165) is 37.5 Å². The van der Waals surface area contributed by atoms with Gasteiger partial charge in [0.15, 0.2) is 10.8 Å². The first kappa shape index (κ1) is 17.2. The Morgan fingerprint density at radius 1 is 0.929 bits per heavy atom. The van der Waals surface area contributed by atoms with Gasteiger partial charge < -0.3 is 4.74 Å². The van der Waals surface area contributed by atoms with Crippen LogP contribution in [-0.4, -0.2) is 19.8 Å². The number of nitrogens with zero attached hydrogens (tertiary/aromatic N) is 4. The SMILES string of the molecule is Clc1ccc(Cc2nnc3sc(COc4ccc5ccccc5c4)nn23)cc1. The highest BCUT2D eigenvalue weighted by atomic mass is 35.5. The van der Waals surface area contributed by atoms with Crippen LogP contribution in [0.5, 0.6) is 5.75 Å². The molecule has 7 heteroatoms. The summed E-state index contributed by atoms with van der Waals surface area (Å²) in [6.45, 7) is 0.396. The molecule has 3 aromatic carbocycles. The Morgan fingerprint density at radius 3 is 2.61 bits per heavy atom. The van der Waals surface area contributed by atoms with Gasteiger partial charge in [-0.1, -0.05) is 65.4 Å². The third kappa shape index (κ3) is 3.44. The third-order valence-corrected chi connectivity index (χ3v) is 5.58. The molecule has 0 aliphatic rings. The smallest absolute Gasteiger partial charge is 0.234 e. The molecule has 0 aliphatic carbocycles. The Bertz CT molecular complexity index is 1260. The van der Waals surface area contributed by atoms with E-state index < -0.39 is 0 Å². The highest BCUT2D eigenvalue weighted by molar-refractivity contribution is 7.16. The molecule has 0 saturated carbocycles. The van der Waals surface area contributed by atoms with Gasteiger partial charge in [0.25, 0.3) is 0 Å². The molecule has 0 saturated heterocycles. The predicted octanol–water partition coefficient (Wildman–Crippen LogP) is 5.16. The fourth-order valence-electron chi connectivity index (χ4n) is 3.05. The molecule has 0 amide bonds. The summed E-state index contributed by atoms with van der Waals surface area (Å²) in [7, 11) is 0. The molecule has 0 fully saturated rings. The van der Waals surface area contributed by atoms with Gasteiger partial charge >= 0.3 is 0 Å². The molecule has 0 radical (unpaired) electrons. The van der Waals surface area contributed by atoms with E-state index in [9.17, 15) is 0 Å². The molecule has 5 nitrogen and oxygen atoms in total. The van der Waals surface area contributed by atoms with Crippen LogP contribution in [0.15, 0.2) is 66.7 Å². The quantitative estimate of drug-likeness (QED) is 0.404. The lowest BCUT2D eigenvalue weighted by Crippen LogP contribution is -2.00. The number of hydrogen-bond donors (Lipinski definition) is 0. The van der Waals surface area contributed by atoms with E-state index in [1.54, 1.807) is 4.52 Å². The minimum Gasteiger partial charge on any atom is -0.486 e. The van der Waals surface area contributed by atoms with Crippen molar-refractivity contribution in [1.82, 2.24) is 19.8 Å². The number of benzene rings is 3. The molecular formula is C21H15ClN4OS.